The van der Waals surface area contributed by atoms with Gasteiger partial charge < -0.3 is 0 Å². The maximum absolute atomic E-state index is 3.48. The lowest BCUT2D eigenvalue weighted by Gasteiger charge is -2.03. The van der Waals surface area contributed by atoms with E-state index in [0.29, 0.717) is 0 Å². The third kappa shape index (κ3) is 2.84. The van der Waals surface area contributed by atoms with Crippen LogP contribution < -0.4 is 0 Å². The summed E-state index contributed by atoms with van der Waals surface area (Å²) in [6, 6.07) is 6.58. The zero-order chi connectivity index (χ0) is 8.27. The number of benzene rings is 1. The minimum absolute atomic E-state index is 0.960. The second-order valence-corrected chi connectivity index (χ2v) is 4.75. The lowest BCUT2D eigenvalue weighted by Crippen LogP contribution is -1.87. The summed E-state index contributed by atoms with van der Waals surface area (Å²) in [5.41, 5.74) is 2.84. The molecular weight excluding hydrogens is 430 g/mol. The van der Waals surface area contributed by atoms with Gasteiger partial charge in [0.15, 0.2) is 0 Å². The fourth-order valence-corrected chi connectivity index (χ4v) is 2.67. The number of hydrogen-bond acceptors (Lipinski definition) is 0. The van der Waals surface area contributed by atoms with Gasteiger partial charge in [0.25, 0.3) is 0 Å². The molecule has 0 aromatic heterocycles. The molecular formula is C8H7BrI2. The van der Waals surface area contributed by atoms with E-state index < -0.39 is 0 Å². The van der Waals surface area contributed by atoms with Crippen LogP contribution in [0.1, 0.15) is 11.1 Å². The molecule has 0 bridgehead atoms. The summed E-state index contributed by atoms with van der Waals surface area (Å²) in [6.45, 7) is 0. The van der Waals surface area contributed by atoms with Crippen LogP contribution in [0.3, 0.4) is 0 Å². The molecule has 0 spiro atoms. The highest BCUT2D eigenvalue weighted by atomic mass is 127. The Kier molecular flexibility index (Phi) is 4.67. The van der Waals surface area contributed by atoms with Gasteiger partial charge in [-0.3, -0.25) is 0 Å². The molecule has 0 saturated heterocycles. The number of alkyl halides is 2. The predicted molar refractivity (Wildman–Crippen MR) is 69.5 cm³/mol. The van der Waals surface area contributed by atoms with E-state index in [1.54, 1.807) is 0 Å². The van der Waals surface area contributed by atoms with Crippen molar-refractivity contribution in [2.45, 2.75) is 9.76 Å². The van der Waals surface area contributed by atoms with E-state index in [2.05, 4.69) is 79.3 Å². The quantitative estimate of drug-likeness (QED) is 0.483. The lowest BCUT2D eigenvalue weighted by molar-refractivity contribution is 1.30. The second kappa shape index (κ2) is 5.01. The first-order chi connectivity index (χ1) is 5.27. The van der Waals surface area contributed by atoms with Gasteiger partial charge in [-0.1, -0.05) is 44.6 Å². The Hall–Kier alpha value is 1.16. The van der Waals surface area contributed by atoms with E-state index >= 15 is 0 Å². The number of rotatable bonds is 2. The van der Waals surface area contributed by atoms with Crippen LogP contribution in [0.25, 0.3) is 0 Å². The molecule has 0 N–H and O–H groups in total. The minimum atomic E-state index is 0.960. The summed E-state index contributed by atoms with van der Waals surface area (Å²) in [6.07, 6.45) is 0. The summed E-state index contributed by atoms with van der Waals surface area (Å²) < 4.78 is 2.40. The van der Waals surface area contributed by atoms with Crippen LogP contribution >= 0.6 is 61.1 Å². The van der Waals surface area contributed by atoms with Gasteiger partial charge in [-0.25, -0.2) is 0 Å². The van der Waals surface area contributed by atoms with Gasteiger partial charge in [-0.05, 0) is 45.9 Å². The molecule has 11 heavy (non-hydrogen) atoms. The highest BCUT2D eigenvalue weighted by Gasteiger charge is 1.99. The fourth-order valence-electron chi connectivity index (χ4n) is 0.849. The van der Waals surface area contributed by atoms with Crippen LogP contribution in [-0.4, -0.2) is 0 Å². The van der Waals surface area contributed by atoms with E-state index in [4.69, 9.17) is 0 Å². The van der Waals surface area contributed by atoms with Gasteiger partial charge in [0.1, 0.15) is 0 Å². The van der Waals surface area contributed by atoms with E-state index in [1.807, 2.05) is 0 Å². The summed E-state index contributed by atoms with van der Waals surface area (Å²) in [4.78, 5) is 0. The Labute approximate surface area is 103 Å². The van der Waals surface area contributed by atoms with Crippen molar-refractivity contribution < 1.29 is 0 Å². The Bertz CT molecular complexity index is 248. The Morgan fingerprint density at radius 3 is 2.55 bits per heavy atom. The summed E-state index contributed by atoms with van der Waals surface area (Å²) in [5, 5.41) is 0.960. The summed E-state index contributed by atoms with van der Waals surface area (Å²) in [7, 11) is 0. The Morgan fingerprint density at radius 1 is 1.27 bits per heavy atom. The van der Waals surface area contributed by atoms with Crippen molar-refractivity contribution in [2.75, 3.05) is 0 Å². The van der Waals surface area contributed by atoms with Crippen molar-refractivity contribution in [3.8, 4) is 0 Å². The molecule has 3 heteroatoms. The standard InChI is InChI=1S/C8H7BrI2/c9-4-7-3-8(11)2-1-6(7)5-10/h1-3H,4-5H2. The van der Waals surface area contributed by atoms with Crippen LogP contribution in [0.4, 0.5) is 0 Å². The van der Waals surface area contributed by atoms with E-state index in [-0.39, 0.29) is 0 Å². The van der Waals surface area contributed by atoms with Crippen LogP contribution in [-0.2, 0) is 9.76 Å². The summed E-state index contributed by atoms with van der Waals surface area (Å²) >= 11 is 8.21. The molecule has 0 aliphatic heterocycles. The third-order valence-corrected chi connectivity index (χ3v) is 3.55. The zero-order valence-corrected chi connectivity index (χ0v) is 11.7. The van der Waals surface area contributed by atoms with Crippen LogP contribution in [0.5, 0.6) is 0 Å². The molecule has 0 aliphatic carbocycles. The molecule has 0 aliphatic rings. The molecule has 0 radical (unpaired) electrons. The van der Waals surface area contributed by atoms with Crippen molar-refractivity contribution >= 4 is 61.1 Å². The van der Waals surface area contributed by atoms with Crippen LogP contribution in [0.15, 0.2) is 18.2 Å². The molecule has 0 heterocycles. The average Bonchev–Trinajstić information content (AvgIpc) is 2.04. The van der Waals surface area contributed by atoms with Crippen molar-refractivity contribution in [1.82, 2.24) is 0 Å². The first kappa shape index (κ1) is 10.2. The summed E-state index contributed by atoms with van der Waals surface area (Å²) in [5.74, 6) is 0. The average molecular weight is 437 g/mol. The van der Waals surface area contributed by atoms with E-state index in [0.717, 1.165) is 9.76 Å². The van der Waals surface area contributed by atoms with Gasteiger partial charge in [-0.2, -0.15) is 0 Å². The van der Waals surface area contributed by atoms with Crippen molar-refractivity contribution in [3.05, 3.63) is 32.9 Å². The molecule has 0 amide bonds. The second-order valence-electron chi connectivity index (χ2n) is 2.18. The van der Waals surface area contributed by atoms with Crippen molar-refractivity contribution in [3.63, 3.8) is 0 Å². The van der Waals surface area contributed by atoms with E-state index in [1.165, 1.54) is 14.7 Å². The number of hydrogen-bond donors (Lipinski definition) is 0. The molecule has 60 valence electrons. The van der Waals surface area contributed by atoms with Crippen LogP contribution in [0.2, 0.25) is 0 Å². The Balaban J connectivity index is 3.06. The van der Waals surface area contributed by atoms with Gasteiger partial charge in [0.05, 0.1) is 0 Å². The molecule has 1 aromatic rings. The highest BCUT2D eigenvalue weighted by Crippen LogP contribution is 2.18. The van der Waals surface area contributed by atoms with Gasteiger partial charge in [-0.15, -0.1) is 0 Å². The molecule has 0 unspecified atom stereocenters. The SMILES string of the molecule is BrCc1cc(I)ccc1CI. The lowest BCUT2D eigenvalue weighted by atomic mass is 10.1. The van der Waals surface area contributed by atoms with Gasteiger partial charge >= 0.3 is 0 Å². The molecule has 1 rings (SSSR count). The van der Waals surface area contributed by atoms with Crippen LogP contribution in [0, 0.1) is 3.57 Å². The molecule has 1 aromatic carbocycles. The topological polar surface area (TPSA) is 0 Å². The highest BCUT2D eigenvalue weighted by molar-refractivity contribution is 14.1. The van der Waals surface area contributed by atoms with Gasteiger partial charge in [0, 0.05) is 13.3 Å². The zero-order valence-electron chi connectivity index (χ0n) is 5.78. The monoisotopic (exact) mass is 436 g/mol. The normalized spacial score (nSPS) is 10.1. The van der Waals surface area contributed by atoms with Gasteiger partial charge in [0.2, 0.25) is 0 Å². The molecule has 0 fully saturated rings. The predicted octanol–water partition coefficient (Wildman–Crippen LogP) is 4.12. The molecule has 0 nitrogen and oxygen atoms in total. The molecule has 0 atom stereocenters. The maximum Gasteiger partial charge on any atom is 0.0286 e. The minimum Gasteiger partial charge on any atom is -0.0876 e. The first-order valence-corrected chi connectivity index (χ1v) is 6.89. The van der Waals surface area contributed by atoms with Crippen molar-refractivity contribution in [2.24, 2.45) is 0 Å². The number of halogens is 3. The molecule has 0 saturated carbocycles. The maximum atomic E-state index is 3.48. The van der Waals surface area contributed by atoms with Crippen molar-refractivity contribution in [1.29, 1.82) is 0 Å². The fraction of sp³-hybridized carbons (Fsp3) is 0.250. The smallest absolute Gasteiger partial charge is 0.0286 e. The van der Waals surface area contributed by atoms with E-state index in [9.17, 15) is 0 Å². The largest absolute Gasteiger partial charge is 0.0876 e. The first-order valence-electron chi connectivity index (χ1n) is 3.17. The third-order valence-electron chi connectivity index (χ3n) is 1.46. The Morgan fingerprint density at radius 2 is 2.00 bits per heavy atom.